The van der Waals surface area contributed by atoms with Crippen molar-refractivity contribution >= 4 is 0 Å². The molecule has 0 aliphatic rings. The van der Waals surface area contributed by atoms with Crippen molar-refractivity contribution in [3.05, 3.63) is 59.2 Å². The van der Waals surface area contributed by atoms with Gasteiger partial charge in [-0.3, -0.25) is 0 Å². The molecule has 0 saturated heterocycles. The van der Waals surface area contributed by atoms with E-state index in [9.17, 15) is 17.6 Å². The summed E-state index contributed by atoms with van der Waals surface area (Å²) >= 11 is 0. The van der Waals surface area contributed by atoms with Crippen LogP contribution in [0.3, 0.4) is 0 Å². The number of rotatable bonds is 1. The zero-order valence-electron chi connectivity index (χ0n) is 8.98. The normalized spacial score (nSPS) is 10.2. The SMILES string of the molecule is C#Cc1ccc(-c2ccc(F)c(F)c2)c(F)c1F. The van der Waals surface area contributed by atoms with Gasteiger partial charge in [-0.1, -0.05) is 12.0 Å². The maximum absolute atomic E-state index is 13.7. The van der Waals surface area contributed by atoms with Crippen LogP contribution < -0.4 is 0 Å². The van der Waals surface area contributed by atoms with Gasteiger partial charge in [-0.05, 0) is 29.8 Å². The lowest BCUT2D eigenvalue weighted by molar-refractivity contribution is 0.505. The predicted octanol–water partition coefficient (Wildman–Crippen LogP) is 3.89. The fourth-order valence-corrected chi connectivity index (χ4v) is 1.55. The van der Waals surface area contributed by atoms with E-state index in [1.807, 2.05) is 5.92 Å². The fraction of sp³-hybridized carbons (Fsp3) is 0. The van der Waals surface area contributed by atoms with Crippen LogP contribution in [0.5, 0.6) is 0 Å². The van der Waals surface area contributed by atoms with E-state index in [0.717, 1.165) is 18.2 Å². The molecule has 0 unspecified atom stereocenters. The Labute approximate surface area is 101 Å². The smallest absolute Gasteiger partial charge is 0.175 e. The molecular formula is C14H6F4. The van der Waals surface area contributed by atoms with Gasteiger partial charge in [0.1, 0.15) is 0 Å². The van der Waals surface area contributed by atoms with Gasteiger partial charge in [-0.25, -0.2) is 17.6 Å². The van der Waals surface area contributed by atoms with Gasteiger partial charge in [0.2, 0.25) is 0 Å². The summed E-state index contributed by atoms with van der Waals surface area (Å²) in [5.41, 5.74) is -0.363. The highest BCUT2D eigenvalue weighted by molar-refractivity contribution is 5.65. The van der Waals surface area contributed by atoms with Crippen molar-refractivity contribution in [2.75, 3.05) is 0 Å². The Morgan fingerprint density at radius 3 is 2.17 bits per heavy atom. The number of hydrogen-bond acceptors (Lipinski definition) is 0. The number of hydrogen-bond donors (Lipinski definition) is 0. The molecular weight excluding hydrogens is 244 g/mol. The van der Waals surface area contributed by atoms with Crippen molar-refractivity contribution in [1.29, 1.82) is 0 Å². The molecule has 0 radical (unpaired) electrons. The summed E-state index contributed by atoms with van der Waals surface area (Å²) in [4.78, 5) is 0. The van der Waals surface area contributed by atoms with Crippen molar-refractivity contribution in [3.8, 4) is 23.5 Å². The zero-order chi connectivity index (χ0) is 13.3. The lowest BCUT2D eigenvalue weighted by Gasteiger charge is -2.06. The van der Waals surface area contributed by atoms with Gasteiger partial charge in [0.15, 0.2) is 23.3 Å². The third kappa shape index (κ3) is 1.95. The van der Waals surface area contributed by atoms with Crippen molar-refractivity contribution in [2.45, 2.75) is 0 Å². The van der Waals surface area contributed by atoms with E-state index in [4.69, 9.17) is 6.42 Å². The highest BCUT2D eigenvalue weighted by Gasteiger charge is 2.14. The third-order valence-corrected chi connectivity index (χ3v) is 2.47. The standard InChI is InChI=1S/C14H6F4/c1-2-8-3-5-10(14(18)13(8)17)9-4-6-11(15)12(16)7-9/h1,3-7H. The van der Waals surface area contributed by atoms with Gasteiger partial charge in [0.25, 0.3) is 0 Å². The summed E-state index contributed by atoms with van der Waals surface area (Å²) in [6.45, 7) is 0. The first kappa shape index (κ1) is 12.2. The Morgan fingerprint density at radius 1 is 0.833 bits per heavy atom. The van der Waals surface area contributed by atoms with Crippen LogP contribution in [-0.4, -0.2) is 0 Å². The van der Waals surface area contributed by atoms with E-state index in [-0.39, 0.29) is 16.7 Å². The van der Waals surface area contributed by atoms with Crippen LogP contribution in [0, 0.1) is 35.6 Å². The molecule has 0 amide bonds. The molecule has 0 bridgehead atoms. The molecule has 0 heterocycles. The summed E-state index contributed by atoms with van der Waals surface area (Å²) < 4.78 is 52.9. The molecule has 0 nitrogen and oxygen atoms in total. The van der Waals surface area contributed by atoms with Gasteiger partial charge < -0.3 is 0 Å². The highest BCUT2D eigenvalue weighted by Crippen LogP contribution is 2.27. The van der Waals surface area contributed by atoms with E-state index in [1.54, 1.807) is 0 Å². The molecule has 0 saturated carbocycles. The zero-order valence-corrected chi connectivity index (χ0v) is 8.98. The highest BCUT2D eigenvalue weighted by atomic mass is 19.2. The first-order valence-corrected chi connectivity index (χ1v) is 4.94. The quantitative estimate of drug-likeness (QED) is 0.532. The monoisotopic (exact) mass is 250 g/mol. The average molecular weight is 250 g/mol. The molecule has 90 valence electrons. The topological polar surface area (TPSA) is 0 Å². The summed E-state index contributed by atoms with van der Waals surface area (Å²) in [5, 5.41) is 0. The number of benzene rings is 2. The van der Waals surface area contributed by atoms with Crippen molar-refractivity contribution in [1.82, 2.24) is 0 Å². The summed E-state index contributed by atoms with van der Waals surface area (Å²) in [6.07, 6.45) is 4.99. The third-order valence-electron chi connectivity index (χ3n) is 2.47. The van der Waals surface area contributed by atoms with E-state index in [2.05, 4.69) is 0 Å². The van der Waals surface area contributed by atoms with Gasteiger partial charge in [-0.15, -0.1) is 6.42 Å². The maximum Gasteiger partial charge on any atom is 0.175 e. The number of terminal acetylenes is 1. The molecule has 0 N–H and O–H groups in total. The van der Waals surface area contributed by atoms with E-state index >= 15 is 0 Å². The van der Waals surface area contributed by atoms with Crippen LogP contribution in [0.25, 0.3) is 11.1 Å². The fourth-order valence-electron chi connectivity index (χ4n) is 1.55. The summed E-state index contributed by atoms with van der Waals surface area (Å²) in [5.74, 6) is -2.57. The molecule has 0 aliphatic carbocycles. The Kier molecular flexibility index (Phi) is 3.07. The van der Waals surface area contributed by atoms with E-state index in [1.165, 1.54) is 12.1 Å². The van der Waals surface area contributed by atoms with E-state index in [0.29, 0.717) is 0 Å². The van der Waals surface area contributed by atoms with Gasteiger partial charge in [0, 0.05) is 5.56 Å². The first-order valence-electron chi connectivity index (χ1n) is 4.94. The molecule has 2 aromatic rings. The van der Waals surface area contributed by atoms with Gasteiger partial charge >= 0.3 is 0 Å². The molecule has 2 rings (SSSR count). The molecule has 4 heteroatoms. The van der Waals surface area contributed by atoms with Crippen LogP contribution >= 0.6 is 0 Å². The van der Waals surface area contributed by atoms with Crippen LogP contribution in [0.4, 0.5) is 17.6 Å². The Hall–Kier alpha value is -2.28. The molecule has 0 fully saturated rings. The average Bonchev–Trinajstić information content (AvgIpc) is 2.36. The lowest BCUT2D eigenvalue weighted by Crippen LogP contribution is -1.95. The van der Waals surface area contributed by atoms with Crippen LogP contribution in [0.1, 0.15) is 5.56 Å². The van der Waals surface area contributed by atoms with E-state index < -0.39 is 23.3 Å². The summed E-state index contributed by atoms with van der Waals surface area (Å²) in [6, 6.07) is 5.22. The molecule has 0 atom stereocenters. The van der Waals surface area contributed by atoms with Crippen molar-refractivity contribution in [3.63, 3.8) is 0 Å². The first-order chi connectivity index (χ1) is 8.54. The largest absolute Gasteiger partial charge is 0.204 e. The minimum Gasteiger partial charge on any atom is -0.204 e. The minimum atomic E-state index is -1.18. The number of halogens is 4. The Balaban J connectivity index is 2.62. The molecule has 0 aliphatic heterocycles. The van der Waals surface area contributed by atoms with Crippen molar-refractivity contribution < 1.29 is 17.6 Å². The predicted molar refractivity (Wildman–Crippen MR) is 59.6 cm³/mol. The Bertz CT molecular complexity index is 654. The molecule has 0 aromatic heterocycles. The second-order valence-electron chi connectivity index (χ2n) is 3.56. The van der Waals surface area contributed by atoms with Gasteiger partial charge in [-0.2, -0.15) is 0 Å². The summed E-state index contributed by atoms with van der Waals surface area (Å²) in [7, 11) is 0. The Morgan fingerprint density at radius 2 is 1.56 bits per heavy atom. The second kappa shape index (κ2) is 4.53. The van der Waals surface area contributed by atoms with Gasteiger partial charge in [0.05, 0.1) is 5.56 Å². The van der Waals surface area contributed by atoms with Crippen LogP contribution in [-0.2, 0) is 0 Å². The van der Waals surface area contributed by atoms with Crippen LogP contribution in [0.2, 0.25) is 0 Å². The lowest BCUT2D eigenvalue weighted by atomic mass is 10.0. The van der Waals surface area contributed by atoms with Crippen molar-refractivity contribution in [2.24, 2.45) is 0 Å². The molecule has 2 aromatic carbocycles. The maximum atomic E-state index is 13.7. The minimum absolute atomic E-state index is 0.0360. The molecule has 18 heavy (non-hydrogen) atoms. The van der Waals surface area contributed by atoms with Crippen LogP contribution in [0.15, 0.2) is 30.3 Å². The molecule has 0 spiro atoms. The second-order valence-corrected chi connectivity index (χ2v) is 3.56.